The predicted octanol–water partition coefficient (Wildman–Crippen LogP) is 4.88. The van der Waals surface area contributed by atoms with Crippen LogP contribution in [-0.2, 0) is 11.2 Å². The fraction of sp³-hybridized carbons (Fsp3) is 0.286. The van der Waals surface area contributed by atoms with E-state index < -0.39 is 0 Å². The van der Waals surface area contributed by atoms with Gasteiger partial charge in [-0.05, 0) is 74.7 Å². The number of aromatic nitrogens is 1. The molecule has 0 aliphatic rings. The number of nitrogens with one attached hydrogen (secondary N) is 1. The lowest BCUT2D eigenvalue weighted by atomic mass is 10.1. The molecular weight excluding hydrogens is 333 g/mol. The van der Waals surface area contributed by atoms with Gasteiger partial charge in [-0.25, -0.2) is 9.18 Å². The van der Waals surface area contributed by atoms with Crippen LogP contribution in [0.5, 0.6) is 5.75 Å². The number of rotatable bonds is 7. The molecule has 136 valence electrons. The molecule has 3 aromatic rings. The van der Waals surface area contributed by atoms with Gasteiger partial charge in [-0.2, -0.15) is 0 Å². The Balaban J connectivity index is 1.49. The SMILES string of the molecule is CC(C)Oc1ccc(C(=O)OCCCc2c[nH]c3ccc(F)cc23)cc1. The highest BCUT2D eigenvalue weighted by Crippen LogP contribution is 2.21. The average molecular weight is 355 g/mol. The highest BCUT2D eigenvalue weighted by Gasteiger charge is 2.09. The number of ether oxygens (including phenoxy) is 2. The second-order valence-corrected chi connectivity index (χ2v) is 6.43. The number of aryl methyl sites for hydroxylation is 1. The van der Waals surface area contributed by atoms with Crippen LogP contribution < -0.4 is 4.74 Å². The van der Waals surface area contributed by atoms with Gasteiger partial charge in [0, 0.05) is 17.1 Å². The Morgan fingerprint density at radius 2 is 1.92 bits per heavy atom. The fourth-order valence-corrected chi connectivity index (χ4v) is 2.81. The standard InChI is InChI=1S/C21H22FNO3/c1-14(2)26-18-8-5-15(6-9-18)21(24)25-11-3-4-16-13-23-20-10-7-17(22)12-19(16)20/h5-10,12-14,23H,3-4,11H2,1-2H3. The normalized spacial score (nSPS) is 11.1. The summed E-state index contributed by atoms with van der Waals surface area (Å²) in [4.78, 5) is 15.2. The first-order chi connectivity index (χ1) is 12.5. The quantitative estimate of drug-likeness (QED) is 0.485. The van der Waals surface area contributed by atoms with E-state index in [1.165, 1.54) is 12.1 Å². The topological polar surface area (TPSA) is 51.3 Å². The van der Waals surface area contributed by atoms with E-state index in [9.17, 15) is 9.18 Å². The number of fused-ring (bicyclic) bond motifs is 1. The Bertz CT molecular complexity index is 884. The minimum Gasteiger partial charge on any atom is -0.491 e. The van der Waals surface area contributed by atoms with Crippen LogP contribution in [0.25, 0.3) is 10.9 Å². The summed E-state index contributed by atoms with van der Waals surface area (Å²) in [6.07, 6.45) is 3.34. The number of benzene rings is 2. The number of hydrogen-bond acceptors (Lipinski definition) is 3. The van der Waals surface area contributed by atoms with Crippen molar-refractivity contribution < 1.29 is 18.7 Å². The molecule has 0 atom stereocenters. The summed E-state index contributed by atoms with van der Waals surface area (Å²) < 4.78 is 24.3. The van der Waals surface area contributed by atoms with Gasteiger partial charge < -0.3 is 14.5 Å². The zero-order valence-corrected chi connectivity index (χ0v) is 14.9. The van der Waals surface area contributed by atoms with Crippen LogP contribution in [0.15, 0.2) is 48.7 Å². The van der Waals surface area contributed by atoms with E-state index >= 15 is 0 Å². The Morgan fingerprint density at radius 3 is 2.65 bits per heavy atom. The molecule has 2 aromatic carbocycles. The van der Waals surface area contributed by atoms with Crippen molar-refractivity contribution >= 4 is 16.9 Å². The number of hydrogen-bond donors (Lipinski definition) is 1. The maximum atomic E-state index is 13.4. The summed E-state index contributed by atoms with van der Waals surface area (Å²) in [5, 5.41) is 0.872. The van der Waals surface area contributed by atoms with Crippen molar-refractivity contribution in [3.8, 4) is 5.75 Å². The zero-order chi connectivity index (χ0) is 18.5. The fourth-order valence-electron chi connectivity index (χ4n) is 2.81. The third kappa shape index (κ3) is 4.42. The van der Waals surface area contributed by atoms with E-state index in [1.807, 2.05) is 20.0 Å². The van der Waals surface area contributed by atoms with Crippen molar-refractivity contribution in [3.63, 3.8) is 0 Å². The maximum Gasteiger partial charge on any atom is 0.338 e. The molecule has 0 spiro atoms. The molecule has 0 saturated carbocycles. The Morgan fingerprint density at radius 1 is 1.15 bits per heavy atom. The molecule has 5 heteroatoms. The van der Waals surface area contributed by atoms with Gasteiger partial charge in [-0.15, -0.1) is 0 Å². The third-order valence-electron chi connectivity index (χ3n) is 4.01. The average Bonchev–Trinajstić information content (AvgIpc) is 3.01. The molecule has 26 heavy (non-hydrogen) atoms. The van der Waals surface area contributed by atoms with Crippen LogP contribution >= 0.6 is 0 Å². The Hall–Kier alpha value is -2.82. The van der Waals surface area contributed by atoms with E-state index in [2.05, 4.69) is 4.98 Å². The molecule has 1 N–H and O–H groups in total. The molecular formula is C21H22FNO3. The molecule has 4 nitrogen and oxygen atoms in total. The van der Waals surface area contributed by atoms with Crippen LogP contribution in [0, 0.1) is 5.82 Å². The highest BCUT2D eigenvalue weighted by atomic mass is 19.1. The van der Waals surface area contributed by atoms with Crippen LogP contribution in [-0.4, -0.2) is 23.7 Å². The molecule has 0 aliphatic carbocycles. The van der Waals surface area contributed by atoms with Gasteiger partial charge in [0.2, 0.25) is 0 Å². The predicted molar refractivity (Wildman–Crippen MR) is 99.1 cm³/mol. The number of H-pyrrole nitrogens is 1. The van der Waals surface area contributed by atoms with Crippen molar-refractivity contribution in [2.75, 3.05) is 6.61 Å². The second kappa shape index (κ2) is 8.04. The summed E-state index contributed by atoms with van der Waals surface area (Å²) in [7, 11) is 0. The van der Waals surface area contributed by atoms with Gasteiger partial charge in [0.05, 0.1) is 18.3 Å². The van der Waals surface area contributed by atoms with Gasteiger partial charge >= 0.3 is 5.97 Å². The molecule has 1 aromatic heterocycles. The van der Waals surface area contributed by atoms with Crippen LogP contribution in [0.2, 0.25) is 0 Å². The van der Waals surface area contributed by atoms with Crippen molar-refractivity contribution in [2.45, 2.75) is 32.8 Å². The summed E-state index contributed by atoms with van der Waals surface area (Å²) in [6, 6.07) is 11.6. The van der Waals surface area contributed by atoms with E-state index in [0.717, 1.165) is 22.2 Å². The lowest BCUT2D eigenvalue weighted by Gasteiger charge is -2.10. The third-order valence-corrected chi connectivity index (χ3v) is 4.01. The molecule has 3 rings (SSSR count). The smallest absolute Gasteiger partial charge is 0.338 e. The lowest BCUT2D eigenvalue weighted by Crippen LogP contribution is -2.08. The van der Waals surface area contributed by atoms with Crippen molar-refractivity contribution in [1.29, 1.82) is 0 Å². The highest BCUT2D eigenvalue weighted by molar-refractivity contribution is 5.89. The number of carbonyl (C=O) groups excluding carboxylic acids is 1. The zero-order valence-electron chi connectivity index (χ0n) is 14.9. The monoisotopic (exact) mass is 355 g/mol. The van der Waals surface area contributed by atoms with E-state index in [1.54, 1.807) is 30.3 Å². The van der Waals surface area contributed by atoms with Gasteiger partial charge in [0.15, 0.2) is 0 Å². The Labute approximate surface area is 151 Å². The minimum atomic E-state index is -0.355. The molecule has 0 saturated heterocycles. The summed E-state index contributed by atoms with van der Waals surface area (Å²) in [5.41, 5.74) is 2.42. The van der Waals surface area contributed by atoms with Crippen molar-refractivity contribution in [2.24, 2.45) is 0 Å². The van der Waals surface area contributed by atoms with E-state index in [0.29, 0.717) is 25.0 Å². The second-order valence-electron chi connectivity index (χ2n) is 6.43. The largest absolute Gasteiger partial charge is 0.491 e. The number of halogens is 1. The van der Waals surface area contributed by atoms with E-state index in [4.69, 9.17) is 9.47 Å². The first kappa shape index (κ1) is 18.0. The number of carbonyl (C=O) groups is 1. The molecule has 1 heterocycles. The van der Waals surface area contributed by atoms with E-state index in [-0.39, 0.29) is 17.9 Å². The number of esters is 1. The van der Waals surface area contributed by atoms with Crippen LogP contribution in [0.4, 0.5) is 4.39 Å². The van der Waals surface area contributed by atoms with Gasteiger partial charge in [0.1, 0.15) is 11.6 Å². The first-order valence-corrected chi connectivity index (χ1v) is 8.72. The van der Waals surface area contributed by atoms with Gasteiger partial charge in [-0.3, -0.25) is 0 Å². The molecule has 0 bridgehead atoms. The number of aromatic amines is 1. The summed E-state index contributed by atoms with van der Waals surface area (Å²) >= 11 is 0. The van der Waals surface area contributed by atoms with Crippen molar-refractivity contribution in [3.05, 3.63) is 65.6 Å². The van der Waals surface area contributed by atoms with Gasteiger partial charge in [0.25, 0.3) is 0 Å². The molecule has 0 radical (unpaired) electrons. The minimum absolute atomic E-state index is 0.0887. The Kier molecular flexibility index (Phi) is 5.56. The van der Waals surface area contributed by atoms with Crippen molar-refractivity contribution in [1.82, 2.24) is 4.98 Å². The molecule has 0 aliphatic heterocycles. The molecule has 0 unspecified atom stereocenters. The lowest BCUT2D eigenvalue weighted by molar-refractivity contribution is 0.0500. The molecule has 0 fully saturated rings. The van der Waals surface area contributed by atoms with Crippen LogP contribution in [0.3, 0.4) is 0 Å². The first-order valence-electron chi connectivity index (χ1n) is 8.72. The summed E-state index contributed by atoms with van der Waals surface area (Å²) in [5.74, 6) is 0.115. The molecule has 0 amide bonds. The maximum absolute atomic E-state index is 13.4. The van der Waals surface area contributed by atoms with Crippen LogP contribution in [0.1, 0.15) is 36.2 Å². The van der Waals surface area contributed by atoms with Gasteiger partial charge in [-0.1, -0.05) is 0 Å². The summed E-state index contributed by atoms with van der Waals surface area (Å²) in [6.45, 7) is 4.21.